The van der Waals surface area contributed by atoms with Crippen LogP contribution in [0.15, 0.2) is 66.9 Å². The quantitative estimate of drug-likeness (QED) is 0.166. The highest BCUT2D eigenvalue weighted by atomic mass is 16.5. The van der Waals surface area contributed by atoms with Gasteiger partial charge in [-0.1, -0.05) is 12.1 Å². The van der Waals surface area contributed by atoms with Crippen LogP contribution < -0.4 is 31.4 Å². The van der Waals surface area contributed by atoms with Crippen molar-refractivity contribution in [3.05, 3.63) is 78.0 Å². The van der Waals surface area contributed by atoms with Crippen LogP contribution >= 0.6 is 0 Å². The van der Waals surface area contributed by atoms with Crippen molar-refractivity contribution in [2.45, 2.75) is 32.9 Å². The van der Waals surface area contributed by atoms with Crippen molar-refractivity contribution >= 4 is 23.2 Å². The third-order valence-corrected chi connectivity index (χ3v) is 4.71. The van der Waals surface area contributed by atoms with Gasteiger partial charge in [0.15, 0.2) is 11.5 Å². The highest BCUT2D eigenvalue weighted by Crippen LogP contribution is 2.33. The van der Waals surface area contributed by atoms with Gasteiger partial charge in [-0.15, -0.1) is 0 Å². The standard InChI is InChI=1S/C25H30N6O3/c1-4-33-21-15-18(10-13-20(21)34-16(2)3)23(25(32)31-30-22-7-5-6-14-28-22)29-19-11-8-17(9-12-19)24(26)27/h5-16,23,29H,4H2,1-3H3,(H3,26,27)(H,28,30)(H,31,32). The number of nitrogen functional groups attached to an aromatic ring is 1. The number of benzene rings is 2. The summed E-state index contributed by atoms with van der Waals surface area (Å²) in [5.74, 6) is 1.31. The first-order valence-electron chi connectivity index (χ1n) is 11.0. The van der Waals surface area contributed by atoms with E-state index < -0.39 is 6.04 Å². The number of nitrogens with two attached hydrogens (primary N) is 1. The van der Waals surface area contributed by atoms with E-state index >= 15 is 0 Å². The lowest BCUT2D eigenvalue weighted by Crippen LogP contribution is -2.37. The molecule has 1 unspecified atom stereocenters. The molecule has 0 spiro atoms. The van der Waals surface area contributed by atoms with Gasteiger partial charge in [0.25, 0.3) is 5.91 Å². The summed E-state index contributed by atoms with van der Waals surface area (Å²) in [6.45, 7) is 6.22. The van der Waals surface area contributed by atoms with Crippen LogP contribution in [0.5, 0.6) is 11.5 Å². The lowest BCUT2D eigenvalue weighted by atomic mass is 10.0. The fraction of sp³-hybridized carbons (Fsp3) is 0.240. The third-order valence-electron chi connectivity index (χ3n) is 4.71. The number of hydrazine groups is 1. The molecule has 34 heavy (non-hydrogen) atoms. The van der Waals surface area contributed by atoms with Crippen LogP contribution in [0, 0.1) is 5.41 Å². The van der Waals surface area contributed by atoms with Crippen molar-refractivity contribution in [1.82, 2.24) is 10.4 Å². The molecule has 2 aromatic carbocycles. The van der Waals surface area contributed by atoms with Crippen molar-refractivity contribution in [2.75, 3.05) is 17.3 Å². The van der Waals surface area contributed by atoms with Gasteiger partial charge in [0.1, 0.15) is 17.7 Å². The van der Waals surface area contributed by atoms with E-state index in [4.69, 9.17) is 20.6 Å². The van der Waals surface area contributed by atoms with Crippen LogP contribution in [0.4, 0.5) is 11.5 Å². The zero-order valence-corrected chi connectivity index (χ0v) is 19.5. The molecule has 0 aliphatic carbocycles. The summed E-state index contributed by atoms with van der Waals surface area (Å²) >= 11 is 0. The normalized spacial score (nSPS) is 11.4. The molecule has 0 saturated carbocycles. The molecule has 0 saturated heterocycles. The third kappa shape index (κ3) is 6.61. The van der Waals surface area contributed by atoms with Gasteiger partial charge in [-0.05, 0) is 74.9 Å². The number of nitrogens with zero attached hydrogens (tertiary/aromatic N) is 1. The van der Waals surface area contributed by atoms with E-state index in [1.54, 1.807) is 54.7 Å². The highest BCUT2D eigenvalue weighted by Gasteiger charge is 2.23. The number of anilines is 2. The molecule has 178 valence electrons. The molecular weight excluding hydrogens is 432 g/mol. The van der Waals surface area contributed by atoms with Crippen molar-refractivity contribution in [2.24, 2.45) is 5.73 Å². The van der Waals surface area contributed by atoms with Gasteiger partial charge in [0.05, 0.1) is 12.7 Å². The number of amidine groups is 1. The van der Waals surface area contributed by atoms with E-state index in [1.807, 2.05) is 32.9 Å². The maximum atomic E-state index is 13.2. The molecule has 3 aromatic rings. The van der Waals surface area contributed by atoms with Gasteiger partial charge in [-0.25, -0.2) is 4.98 Å². The van der Waals surface area contributed by atoms with Gasteiger partial charge in [0.2, 0.25) is 0 Å². The van der Waals surface area contributed by atoms with Gasteiger partial charge < -0.3 is 20.5 Å². The highest BCUT2D eigenvalue weighted by molar-refractivity contribution is 5.95. The van der Waals surface area contributed by atoms with Gasteiger partial charge in [0, 0.05) is 17.4 Å². The molecule has 1 heterocycles. The summed E-state index contributed by atoms with van der Waals surface area (Å²) in [6.07, 6.45) is 1.60. The fourth-order valence-corrected chi connectivity index (χ4v) is 3.17. The number of nitrogens with one attached hydrogen (secondary N) is 4. The van der Waals surface area contributed by atoms with Crippen LogP contribution in [0.2, 0.25) is 0 Å². The number of ether oxygens (including phenoxy) is 2. The summed E-state index contributed by atoms with van der Waals surface area (Å²) in [6, 6.07) is 17.0. The summed E-state index contributed by atoms with van der Waals surface area (Å²) in [7, 11) is 0. The average molecular weight is 463 g/mol. The van der Waals surface area contributed by atoms with E-state index in [2.05, 4.69) is 21.2 Å². The molecular formula is C25H30N6O3. The Labute approximate surface area is 199 Å². The minimum absolute atomic E-state index is 0.0235. The van der Waals surface area contributed by atoms with E-state index in [0.29, 0.717) is 40.7 Å². The molecule has 9 nitrogen and oxygen atoms in total. The zero-order valence-electron chi connectivity index (χ0n) is 19.5. The van der Waals surface area contributed by atoms with Crippen LogP contribution in [-0.4, -0.2) is 29.4 Å². The second-order valence-electron chi connectivity index (χ2n) is 7.70. The number of carbonyl (C=O) groups is 1. The van der Waals surface area contributed by atoms with Gasteiger partial charge in [-0.2, -0.15) is 0 Å². The Morgan fingerprint density at radius 2 is 1.85 bits per heavy atom. The molecule has 6 N–H and O–H groups in total. The molecule has 0 aliphatic rings. The first-order chi connectivity index (χ1) is 16.4. The number of amides is 1. The maximum Gasteiger partial charge on any atom is 0.265 e. The summed E-state index contributed by atoms with van der Waals surface area (Å²) in [5, 5.41) is 10.8. The topological polar surface area (TPSA) is 134 Å². The number of pyridine rings is 1. The SMILES string of the molecule is CCOc1cc(C(Nc2ccc(C(=N)N)cc2)C(=O)NNc2ccccn2)ccc1OC(C)C. The van der Waals surface area contributed by atoms with E-state index in [-0.39, 0.29) is 17.8 Å². The lowest BCUT2D eigenvalue weighted by Gasteiger charge is -2.22. The Bertz CT molecular complexity index is 1100. The van der Waals surface area contributed by atoms with Crippen LogP contribution in [-0.2, 0) is 4.79 Å². The van der Waals surface area contributed by atoms with Crippen molar-refractivity contribution in [1.29, 1.82) is 5.41 Å². The Hall–Kier alpha value is -4.27. The number of hydrogen-bond acceptors (Lipinski definition) is 7. The summed E-state index contributed by atoms with van der Waals surface area (Å²) < 4.78 is 11.6. The number of hydrogen-bond donors (Lipinski definition) is 5. The molecule has 1 atom stereocenters. The Balaban J connectivity index is 1.90. The van der Waals surface area contributed by atoms with Gasteiger partial charge in [-0.3, -0.25) is 21.1 Å². The zero-order chi connectivity index (χ0) is 24.5. The Morgan fingerprint density at radius 1 is 1.09 bits per heavy atom. The first-order valence-corrected chi connectivity index (χ1v) is 11.0. The Morgan fingerprint density at radius 3 is 2.47 bits per heavy atom. The Kier molecular flexibility index (Phi) is 8.28. The van der Waals surface area contributed by atoms with E-state index in [9.17, 15) is 4.79 Å². The lowest BCUT2D eigenvalue weighted by molar-refractivity contribution is -0.121. The molecule has 1 aromatic heterocycles. The van der Waals surface area contributed by atoms with Crippen molar-refractivity contribution < 1.29 is 14.3 Å². The van der Waals surface area contributed by atoms with Crippen LogP contribution in [0.25, 0.3) is 0 Å². The number of carbonyl (C=O) groups excluding carboxylic acids is 1. The van der Waals surface area contributed by atoms with E-state index in [1.165, 1.54) is 0 Å². The monoisotopic (exact) mass is 462 g/mol. The molecule has 0 fully saturated rings. The summed E-state index contributed by atoms with van der Waals surface area (Å²) in [4.78, 5) is 17.4. The minimum Gasteiger partial charge on any atom is -0.490 e. The average Bonchev–Trinajstić information content (AvgIpc) is 2.83. The first kappa shape index (κ1) is 24.4. The predicted molar refractivity (Wildman–Crippen MR) is 133 cm³/mol. The largest absolute Gasteiger partial charge is 0.490 e. The van der Waals surface area contributed by atoms with Crippen LogP contribution in [0.3, 0.4) is 0 Å². The molecule has 9 heteroatoms. The maximum absolute atomic E-state index is 13.2. The molecule has 1 amide bonds. The second-order valence-corrected chi connectivity index (χ2v) is 7.70. The predicted octanol–water partition coefficient (Wildman–Crippen LogP) is 3.85. The molecule has 0 aliphatic heterocycles. The smallest absolute Gasteiger partial charge is 0.265 e. The number of aromatic nitrogens is 1. The second kappa shape index (κ2) is 11.6. The molecule has 0 bridgehead atoms. The van der Waals surface area contributed by atoms with Gasteiger partial charge >= 0.3 is 0 Å². The van der Waals surface area contributed by atoms with E-state index in [0.717, 1.165) is 0 Å². The van der Waals surface area contributed by atoms with Crippen molar-refractivity contribution in [3.8, 4) is 11.5 Å². The van der Waals surface area contributed by atoms with Crippen molar-refractivity contribution in [3.63, 3.8) is 0 Å². The molecule has 3 rings (SSSR count). The summed E-state index contributed by atoms with van der Waals surface area (Å²) in [5.41, 5.74) is 13.0. The van der Waals surface area contributed by atoms with Crippen LogP contribution in [0.1, 0.15) is 37.9 Å². The minimum atomic E-state index is -0.772. The fourth-order valence-electron chi connectivity index (χ4n) is 3.17. The number of rotatable bonds is 11. The molecule has 0 radical (unpaired) electrons.